The monoisotopic (exact) mass is 310 g/mol. The molecule has 1 heterocycles. The summed E-state index contributed by atoms with van der Waals surface area (Å²) in [7, 11) is 1.50. The van der Waals surface area contributed by atoms with Gasteiger partial charge in [0.05, 0.1) is 18.9 Å². The Kier molecular flexibility index (Phi) is 4.02. The molecule has 0 aliphatic carbocycles. The van der Waals surface area contributed by atoms with E-state index in [1.807, 2.05) is 30.3 Å². The molecule has 1 N–H and O–H groups in total. The van der Waals surface area contributed by atoms with E-state index in [1.165, 1.54) is 19.0 Å². The Hall–Kier alpha value is -2.82. The van der Waals surface area contributed by atoms with Crippen molar-refractivity contribution in [1.82, 2.24) is 5.01 Å². The summed E-state index contributed by atoms with van der Waals surface area (Å²) in [6.45, 7) is 1.51. The first-order valence-corrected chi connectivity index (χ1v) is 7.39. The third-order valence-electron chi connectivity index (χ3n) is 3.93. The highest BCUT2D eigenvalue weighted by Gasteiger charge is 2.31. The zero-order valence-corrected chi connectivity index (χ0v) is 13.1. The summed E-state index contributed by atoms with van der Waals surface area (Å²) in [6, 6.07) is 14.8. The van der Waals surface area contributed by atoms with Gasteiger partial charge in [0.15, 0.2) is 11.5 Å². The first-order valence-electron chi connectivity index (χ1n) is 7.39. The van der Waals surface area contributed by atoms with Gasteiger partial charge in [0.25, 0.3) is 0 Å². The van der Waals surface area contributed by atoms with Crippen LogP contribution in [0.3, 0.4) is 0 Å². The van der Waals surface area contributed by atoms with Crippen molar-refractivity contribution in [3.05, 3.63) is 59.7 Å². The van der Waals surface area contributed by atoms with Crippen LogP contribution in [0, 0.1) is 0 Å². The number of amides is 1. The summed E-state index contributed by atoms with van der Waals surface area (Å²) in [5.41, 5.74) is 2.68. The van der Waals surface area contributed by atoms with Gasteiger partial charge in [-0.25, -0.2) is 5.01 Å². The van der Waals surface area contributed by atoms with E-state index in [4.69, 9.17) is 4.74 Å². The number of carbonyl (C=O) groups excluding carboxylic acids is 1. The summed E-state index contributed by atoms with van der Waals surface area (Å²) in [5.74, 6) is 0.375. The number of methoxy groups -OCH3 is 1. The van der Waals surface area contributed by atoms with Crippen molar-refractivity contribution < 1.29 is 14.6 Å². The predicted octanol–water partition coefficient (Wildman–Crippen LogP) is 3.10. The smallest absolute Gasteiger partial charge is 0.240 e. The Morgan fingerprint density at radius 3 is 2.65 bits per heavy atom. The lowest BCUT2D eigenvalue weighted by Gasteiger charge is -2.20. The molecule has 2 aromatic rings. The third-order valence-corrected chi connectivity index (χ3v) is 3.93. The molecule has 1 aliphatic heterocycles. The van der Waals surface area contributed by atoms with Crippen molar-refractivity contribution in [3.63, 3.8) is 0 Å². The van der Waals surface area contributed by atoms with Crippen LogP contribution in [0.25, 0.3) is 0 Å². The minimum Gasteiger partial charge on any atom is -0.504 e. The summed E-state index contributed by atoms with van der Waals surface area (Å²) in [5, 5.41) is 15.7. The lowest BCUT2D eigenvalue weighted by Crippen LogP contribution is -2.24. The molecule has 0 radical (unpaired) electrons. The SMILES string of the molecule is COc1cc(C2=NN(C(C)=O)C(c3ccccc3)C2)ccc1O. The van der Waals surface area contributed by atoms with Gasteiger partial charge >= 0.3 is 0 Å². The first-order chi connectivity index (χ1) is 11.1. The fourth-order valence-corrected chi connectivity index (χ4v) is 2.77. The van der Waals surface area contributed by atoms with E-state index in [-0.39, 0.29) is 17.7 Å². The van der Waals surface area contributed by atoms with Crippen LogP contribution < -0.4 is 4.74 Å². The Morgan fingerprint density at radius 2 is 2.00 bits per heavy atom. The summed E-state index contributed by atoms with van der Waals surface area (Å²) < 4.78 is 5.15. The highest BCUT2D eigenvalue weighted by atomic mass is 16.5. The molecule has 2 aromatic carbocycles. The quantitative estimate of drug-likeness (QED) is 0.947. The second-order valence-corrected chi connectivity index (χ2v) is 5.43. The molecule has 0 saturated heterocycles. The molecule has 0 spiro atoms. The largest absolute Gasteiger partial charge is 0.504 e. The number of hydrazone groups is 1. The van der Waals surface area contributed by atoms with Gasteiger partial charge in [0.2, 0.25) is 5.91 Å². The number of nitrogens with zero attached hydrogens (tertiary/aromatic N) is 2. The molecular weight excluding hydrogens is 292 g/mol. The molecule has 0 saturated carbocycles. The van der Waals surface area contributed by atoms with Crippen LogP contribution in [0.15, 0.2) is 53.6 Å². The van der Waals surface area contributed by atoms with Crippen molar-refractivity contribution in [3.8, 4) is 11.5 Å². The number of benzene rings is 2. The lowest BCUT2D eigenvalue weighted by molar-refractivity contribution is -0.130. The second-order valence-electron chi connectivity index (χ2n) is 5.43. The van der Waals surface area contributed by atoms with Crippen molar-refractivity contribution in [1.29, 1.82) is 0 Å². The number of hydrogen-bond acceptors (Lipinski definition) is 4. The normalized spacial score (nSPS) is 17.0. The average molecular weight is 310 g/mol. The fourth-order valence-electron chi connectivity index (χ4n) is 2.77. The summed E-state index contributed by atoms with van der Waals surface area (Å²) in [4.78, 5) is 11.9. The van der Waals surface area contributed by atoms with E-state index < -0.39 is 0 Å². The first kappa shape index (κ1) is 15.1. The topological polar surface area (TPSA) is 62.1 Å². The fraction of sp³-hybridized carbons (Fsp3) is 0.222. The maximum absolute atomic E-state index is 11.9. The molecule has 5 nitrogen and oxygen atoms in total. The molecule has 0 aromatic heterocycles. The zero-order valence-electron chi connectivity index (χ0n) is 13.1. The van der Waals surface area contributed by atoms with Crippen molar-refractivity contribution in [2.45, 2.75) is 19.4 Å². The maximum atomic E-state index is 11.9. The van der Waals surface area contributed by atoms with Crippen molar-refractivity contribution >= 4 is 11.6 Å². The van der Waals surface area contributed by atoms with E-state index in [2.05, 4.69) is 5.10 Å². The minimum absolute atomic E-state index is 0.0814. The van der Waals surface area contributed by atoms with Crippen LogP contribution >= 0.6 is 0 Å². The standard InChI is InChI=1S/C18H18N2O3/c1-12(21)20-16(13-6-4-3-5-7-13)11-15(19-20)14-8-9-17(22)18(10-14)23-2/h3-10,16,22H,11H2,1-2H3. The van der Waals surface area contributed by atoms with Gasteiger partial charge in [0.1, 0.15) is 0 Å². The van der Waals surface area contributed by atoms with Gasteiger partial charge in [-0.2, -0.15) is 5.10 Å². The van der Waals surface area contributed by atoms with Crippen LogP contribution in [-0.4, -0.2) is 28.8 Å². The molecular formula is C18H18N2O3. The molecule has 1 amide bonds. The molecule has 0 bridgehead atoms. The van der Waals surface area contributed by atoms with E-state index in [0.29, 0.717) is 12.2 Å². The van der Waals surface area contributed by atoms with E-state index in [1.54, 1.807) is 18.2 Å². The van der Waals surface area contributed by atoms with Crippen LogP contribution in [0.2, 0.25) is 0 Å². The third kappa shape index (κ3) is 2.90. The van der Waals surface area contributed by atoms with E-state index in [9.17, 15) is 9.90 Å². The molecule has 23 heavy (non-hydrogen) atoms. The molecule has 5 heteroatoms. The number of hydrogen-bond donors (Lipinski definition) is 1. The van der Waals surface area contributed by atoms with Gasteiger partial charge in [-0.3, -0.25) is 4.79 Å². The van der Waals surface area contributed by atoms with Gasteiger partial charge in [0, 0.05) is 18.9 Å². The number of ether oxygens (including phenoxy) is 1. The number of carbonyl (C=O) groups is 1. The van der Waals surface area contributed by atoms with Crippen LogP contribution in [0.4, 0.5) is 0 Å². The Bertz CT molecular complexity index is 756. The van der Waals surface area contributed by atoms with Gasteiger partial charge in [-0.15, -0.1) is 0 Å². The molecule has 3 rings (SSSR count). The summed E-state index contributed by atoms with van der Waals surface area (Å²) >= 11 is 0. The van der Waals surface area contributed by atoms with Gasteiger partial charge in [-0.1, -0.05) is 30.3 Å². The number of rotatable bonds is 3. The Labute approximate surface area is 134 Å². The van der Waals surface area contributed by atoms with E-state index in [0.717, 1.165) is 16.8 Å². The van der Waals surface area contributed by atoms with E-state index >= 15 is 0 Å². The highest BCUT2D eigenvalue weighted by Crippen LogP contribution is 2.34. The van der Waals surface area contributed by atoms with Crippen molar-refractivity contribution in [2.24, 2.45) is 5.10 Å². The lowest BCUT2D eigenvalue weighted by atomic mass is 9.98. The molecule has 118 valence electrons. The molecule has 1 atom stereocenters. The predicted molar refractivity (Wildman–Crippen MR) is 87.5 cm³/mol. The number of aromatic hydroxyl groups is 1. The molecule has 1 aliphatic rings. The van der Waals surface area contributed by atoms with Crippen LogP contribution in [0.1, 0.15) is 30.5 Å². The minimum atomic E-state index is -0.108. The Morgan fingerprint density at radius 1 is 1.26 bits per heavy atom. The maximum Gasteiger partial charge on any atom is 0.240 e. The second kappa shape index (κ2) is 6.12. The number of phenols is 1. The molecule has 1 unspecified atom stereocenters. The summed E-state index contributed by atoms with van der Waals surface area (Å²) in [6.07, 6.45) is 0.623. The van der Waals surface area contributed by atoms with Gasteiger partial charge < -0.3 is 9.84 Å². The van der Waals surface area contributed by atoms with Crippen molar-refractivity contribution in [2.75, 3.05) is 7.11 Å². The highest BCUT2D eigenvalue weighted by molar-refractivity contribution is 6.03. The van der Waals surface area contributed by atoms with Crippen LogP contribution in [-0.2, 0) is 4.79 Å². The average Bonchev–Trinajstić information content (AvgIpc) is 3.02. The van der Waals surface area contributed by atoms with Crippen LogP contribution in [0.5, 0.6) is 11.5 Å². The molecule has 0 fully saturated rings. The zero-order chi connectivity index (χ0) is 16.4. The van der Waals surface area contributed by atoms with Gasteiger partial charge in [-0.05, 0) is 23.8 Å². The Balaban J connectivity index is 1.95. The number of phenolic OH excluding ortho intramolecular Hbond substituents is 1.